The summed E-state index contributed by atoms with van der Waals surface area (Å²) in [7, 11) is 5.37. The van der Waals surface area contributed by atoms with Crippen molar-refractivity contribution in [1.29, 1.82) is 0 Å². The maximum atomic E-state index is 12.4. The molecule has 0 spiro atoms. The smallest absolute Gasteiger partial charge is 0.269 e. The molecule has 0 saturated carbocycles. The van der Waals surface area contributed by atoms with Gasteiger partial charge in [-0.05, 0) is 13.8 Å². The zero-order chi connectivity index (χ0) is 17.1. The molecule has 8 heteroatoms. The number of thiazole rings is 1. The van der Waals surface area contributed by atoms with Gasteiger partial charge in [0.15, 0.2) is 0 Å². The summed E-state index contributed by atoms with van der Waals surface area (Å²) < 4.78 is 1.17. The quantitative estimate of drug-likeness (QED) is 0.823. The molecular weight excluding hydrogens is 314 g/mol. The summed E-state index contributed by atoms with van der Waals surface area (Å²) in [5, 5.41) is 6.89. The first-order valence-electron chi connectivity index (χ1n) is 7.21. The van der Waals surface area contributed by atoms with E-state index in [2.05, 4.69) is 10.1 Å². The van der Waals surface area contributed by atoms with Crippen LogP contribution in [0.25, 0.3) is 0 Å². The number of rotatable bonds is 5. The summed E-state index contributed by atoms with van der Waals surface area (Å²) in [6.07, 6.45) is 1.57. The van der Waals surface area contributed by atoms with Crippen LogP contribution in [-0.2, 0) is 11.3 Å². The molecule has 0 aromatic carbocycles. The molecule has 2 heterocycles. The molecule has 0 fully saturated rings. The van der Waals surface area contributed by atoms with Crippen LogP contribution < -0.4 is 10.5 Å². The molecule has 0 radical (unpaired) electrons. The predicted molar refractivity (Wildman–Crippen MR) is 90.9 cm³/mol. The maximum Gasteiger partial charge on any atom is 0.269 e. The minimum atomic E-state index is -0.296. The highest BCUT2D eigenvalue weighted by Crippen LogP contribution is 2.22. The fourth-order valence-corrected chi connectivity index (χ4v) is 2.87. The summed E-state index contributed by atoms with van der Waals surface area (Å²) in [5.41, 5.74) is 1.35. The summed E-state index contributed by atoms with van der Waals surface area (Å²) >= 11 is 1.52. The fourth-order valence-electron chi connectivity index (χ4n) is 1.97. The predicted octanol–water partition coefficient (Wildman–Crippen LogP) is 1.29. The Bertz CT molecular complexity index is 752. The lowest BCUT2D eigenvalue weighted by atomic mass is 10.3. The van der Waals surface area contributed by atoms with Crippen LogP contribution in [0.3, 0.4) is 0 Å². The zero-order valence-corrected chi connectivity index (χ0v) is 14.8. The average Bonchev–Trinajstić information content (AvgIpc) is 2.94. The van der Waals surface area contributed by atoms with Crippen molar-refractivity contribution in [2.75, 3.05) is 26.0 Å². The van der Waals surface area contributed by atoms with E-state index in [4.69, 9.17) is 0 Å². The van der Waals surface area contributed by atoms with Gasteiger partial charge in [-0.1, -0.05) is 0 Å². The van der Waals surface area contributed by atoms with Crippen LogP contribution in [0, 0.1) is 6.92 Å². The molecule has 0 aliphatic rings. The summed E-state index contributed by atoms with van der Waals surface area (Å²) in [5.74, 6) is -0.183. The maximum absolute atomic E-state index is 12.4. The third kappa shape index (κ3) is 3.95. The van der Waals surface area contributed by atoms with Crippen molar-refractivity contribution < 1.29 is 4.79 Å². The molecule has 0 aliphatic heterocycles. The van der Waals surface area contributed by atoms with Crippen molar-refractivity contribution in [2.45, 2.75) is 26.4 Å². The van der Waals surface area contributed by atoms with Crippen LogP contribution in [-0.4, -0.2) is 46.7 Å². The normalized spacial score (nSPS) is 12.0. The van der Waals surface area contributed by atoms with Crippen LogP contribution >= 0.6 is 11.3 Å². The zero-order valence-electron chi connectivity index (χ0n) is 14.0. The molecule has 0 bridgehead atoms. The molecule has 2 rings (SSSR count). The van der Waals surface area contributed by atoms with Gasteiger partial charge in [-0.15, -0.1) is 11.3 Å². The Morgan fingerprint density at radius 3 is 2.61 bits per heavy atom. The minimum absolute atomic E-state index is 0.0856. The standard InChI is InChI=1S/C15H21N5O2S/c1-10-9-23-15(17-10)11(2)19(5)14(22)8-20-13(21)6-12(7-16-20)18(3)4/h6-7,9,11H,8H2,1-5H3. The van der Waals surface area contributed by atoms with Gasteiger partial charge in [0, 0.05) is 38.3 Å². The van der Waals surface area contributed by atoms with Gasteiger partial charge in [-0.2, -0.15) is 5.10 Å². The van der Waals surface area contributed by atoms with E-state index in [9.17, 15) is 9.59 Å². The highest BCUT2D eigenvalue weighted by molar-refractivity contribution is 7.09. The Kier molecular flexibility index (Phi) is 5.15. The molecule has 23 heavy (non-hydrogen) atoms. The fraction of sp³-hybridized carbons (Fsp3) is 0.467. The van der Waals surface area contributed by atoms with Crippen molar-refractivity contribution in [3.63, 3.8) is 0 Å². The molecule has 0 aliphatic carbocycles. The second-order valence-corrected chi connectivity index (χ2v) is 6.50. The number of aryl methyl sites for hydroxylation is 1. The number of likely N-dealkylation sites (N-methyl/N-ethyl adjacent to an activating group) is 1. The lowest BCUT2D eigenvalue weighted by Gasteiger charge is -2.23. The molecule has 1 amide bonds. The van der Waals surface area contributed by atoms with Gasteiger partial charge < -0.3 is 9.80 Å². The SMILES string of the molecule is Cc1csc(C(C)N(C)C(=O)Cn2ncc(N(C)C)cc2=O)n1. The lowest BCUT2D eigenvalue weighted by Crippen LogP contribution is -2.36. The average molecular weight is 335 g/mol. The summed E-state index contributed by atoms with van der Waals surface area (Å²) in [6.45, 7) is 3.75. The molecule has 1 atom stereocenters. The lowest BCUT2D eigenvalue weighted by molar-refractivity contribution is -0.132. The van der Waals surface area contributed by atoms with Gasteiger partial charge in [-0.25, -0.2) is 9.67 Å². The van der Waals surface area contributed by atoms with E-state index in [0.29, 0.717) is 5.69 Å². The van der Waals surface area contributed by atoms with E-state index in [-0.39, 0.29) is 24.1 Å². The number of hydrogen-bond donors (Lipinski definition) is 0. The van der Waals surface area contributed by atoms with E-state index in [1.807, 2.05) is 33.3 Å². The summed E-state index contributed by atoms with van der Waals surface area (Å²) in [6, 6.07) is 1.33. The first kappa shape index (κ1) is 17.1. The van der Waals surface area contributed by atoms with E-state index < -0.39 is 0 Å². The van der Waals surface area contributed by atoms with E-state index >= 15 is 0 Å². The van der Waals surface area contributed by atoms with Crippen molar-refractivity contribution in [3.05, 3.63) is 38.7 Å². The number of anilines is 1. The van der Waals surface area contributed by atoms with Gasteiger partial charge in [-0.3, -0.25) is 9.59 Å². The Balaban J connectivity index is 2.11. The van der Waals surface area contributed by atoms with Crippen LogP contribution in [0.4, 0.5) is 5.69 Å². The number of carbonyl (C=O) groups is 1. The van der Waals surface area contributed by atoms with Crippen LogP contribution in [0.15, 0.2) is 22.4 Å². The first-order chi connectivity index (χ1) is 10.8. The van der Waals surface area contributed by atoms with Crippen molar-refractivity contribution in [1.82, 2.24) is 19.7 Å². The van der Waals surface area contributed by atoms with Crippen molar-refractivity contribution in [3.8, 4) is 0 Å². The van der Waals surface area contributed by atoms with E-state index in [1.54, 1.807) is 23.0 Å². The van der Waals surface area contributed by atoms with E-state index in [0.717, 1.165) is 10.7 Å². The van der Waals surface area contributed by atoms with Crippen LogP contribution in [0.1, 0.15) is 23.7 Å². The largest absolute Gasteiger partial charge is 0.376 e. The topological polar surface area (TPSA) is 71.3 Å². The molecular formula is C15H21N5O2S. The highest BCUT2D eigenvalue weighted by atomic mass is 32.1. The van der Waals surface area contributed by atoms with Gasteiger partial charge >= 0.3 is 0 Å². The number of aromatic nitrogens is 3. The highest BCUT2D eigenvalue weighted by Gasteiger charge is 2.20. The second kappa shape index (κ2) is 6.91. The van der Waals surface area contributed by atoms with Gasteiger partial charge in [0.1, 0.15) is 11.6 Å². The molecule has 2 aromatic heterocycles. The Labute approximate surface area is 139 Å². The van der Waals surface area contributed by atoms with Gasteiger partial charge in [0.2, 0.25) is 5.91 Å². The monoisotopic (exact) mass is 335 g/mol. The first-order valence-corrected chi connectivity index (χ1v) is 8.09. The molecule has 1 unspecified atom stereocenters. The third-order valence-electron chi connectivity index (χ3n) is 3.63. The molecule has 0 saturated heterocycles. The Morgan fingerprint density at radius 2 is 2.09 bits per heavy atom. The number of hydrogen-bond acceptors (Lipinski definition) is 6. The minimum Gasteiger partial charge on any atom is -0.376 e. The number of carbonyl (C=O) groups excluding carboxylic acids is 1. The molecule has 124 valence electrons. The summed E-state index contributed by atoms with van der Waals surface area (Å²) in [4.78, 5) is 32.2. The molecule has 7 nitrogen and oxygen atoms in total. The van der Waals surface area contributed by atoms with Crippen molar-refractivity contribution in [2.24, 2.45) is 0 Å². The molecule has 0 N–H and O–H groups in total. The van der Waals surface area contributed by atoms with Crippen LogP contribution in [0.5, 0.6) is 0 Å². The third-order valence-corrected chi connectivity index (χ3v) is 4.76. The molecule has 2 aromatic rings. The number of nitrogens with zero attached hydrogens (tertiary/aromatic N) is 5. The van der Waals surface area contributed by atoms with Gasteiger partial charge in [0.25, 0.3) is 5.56 Å². The van der Waals surface area contributed by atoms with Crippen molar-refractivity contribution >= 4 is 22.9 Å². The Morgan fingerprint density at radius 1 is 1.39 bits per heavy atom. The van der Waals surface area contributed by atoms with Gasteiger partial charge in [0.05, 0.1) is 17.9 Å². The number of amides is 1. The van der Waals surface area contributed by atoms with E-state index in [1.165, 1.54) is 22.1 Å². The second-order valence-electron chi connectivity index (χ2n) is 5.61. The Hall–Kier alpha value is -2.22. The van der Waals surface area contributed by atoms with Crippen LogP contribution in [0.2, 0.25) is 0 Å².